The Kier molecular flexibility index (Phi) is 2.35. The normalized spacial score (nSPS) is 23.2. The molecule has 1 saturated carbocycles. The zero-order chi connectivity index (χ0) is 12.0. The number of hydrogen-bond acceptors (Lipinski definition) is 2. The van der Waals surface area contributed by atoms with Crippen LogP contribution in [0, 0.1) is 12.8 Å². The fourth-order valence-electron chi connectivity index (χ4n) is 2.85. The second-order valence-electron chi connectivity index (χ2n) is 5.13. The number of benzene rings is 1. The molecule has 3 nitrogen and oxygen atoms in total. The van der Waals surface area contributed by atoms with Gasteiger partial charge >= 0.3 is 0 Å². The SMILES string of the molecule is CCCC1CC1n1c(N)nc2c(C)cccc21. The number of hydrogen-bond donors (Lipinski definition) is 1. The molecule has 2 unspecified atom stereocenters. The minimum Gasteiger partial charge on any atom is -0.369 e. The highest BCUT2D eigenvalue weighted by Crippen LogP contribution is 2.48. The fraction of sp³-hybridized carbons (Fsp3) is 0.500. The van der Waals surface area contributed by atoms with E-state index in [1.165, 1.54) is 30.3 Å². The first kappa shape index (κ1) is 10.6. The van der Waals surface area contributed by atoms with E-state index >= 15 is 0 Å². The van der Waals surface area contributed by atoms with Gasteiger partial charge in [0.15, 0.2) is 0 Å². The highest BCUT2D eigenvalue weighted by molar-refractivity contribution is 5.81. The molecule has 0 amide bonds. The second kappa shape index (κ2) is 3.76. The van der Waals surface area contributed by atoms with Gasteiger partial charge in [0.25, 0.3) is 0 Å². The molecule has 1 aromatic carbocycles. The van der Waals surface area contributed by atoms with Crippen molar-refractivity contribution in [2.75, 3.05) is 5.73 Å². The van der Waals surface area contributed by atoms with Crippen LogP contribution in [0.15, 0.2) is 18.2 Å². The van der Waals surface area contributed by atoms with Crippen LogP contribution in [0.25, 0.3) is 11.0 Å². The Labute approximate surface area is 102 Å². The van der Waals surface area contributed by atoms with Crippen LogP contribution in [0.5, 0.6) is 0 Å². The Balaban J connectivity index is 2.05. The summed E-state index contributed by atoms with van der Waals surface area (Å²) in [6.45, 7) is 4.34. The number of aromatic nitrogens is 2. The van der Waals surface area contributed by atoms with Gasteiger partial charge in [0, 0.05) is 6.04 Å². The highest BCUT2D eigenvalue weighted by Gasteiger charge is 2.39. The van der Waals surface area contributed by atoms with Crippen LogP contribution >= 0.6 is 0 Å². The summed E-state index contributed by atoms with van der Waals surface area (Å²) >= 11 is 0. The molecule has 0 aliphatic heterocycles. The van der Waals surface area contributed by atoms with Gasteiger partial charge in [0.2, 0.25) is 5.95 Å². The number of para-hydroxylation sites is 1. The van der Waals surface area contributed by atoms with Gasteiger partial charge in [-0.15, -0.1) is 0 Å². The molecule has 2 aromatic rings. The summed E-state index contributed by atoms with van der Waals surface area (Å²) in [6.07, 6.45) is 3.82. The van der Waals surface area contributed by atoms with Crippen LogP contribution in [-0.2, 0) is 0 Å². The number of aryl methyl sites for hydroxylation is 1. The lowest BCUT2D eigenvalue weighted by Crippen LogP contribution is -2.02. The Hall–Kier alpha value is -1.51. The van der Waals surface area contributed by atoms with Gasteiger partial charge < -0.3 is 10.3 Å². The van der Waals surface area contributed by atoms with Crippen molar-refractivity contribution in [2.24, 2.45) is 5.92 Å². The van der Waals surface area contributed by atoms with E-state index in [0.717, 1.165) is 11.4 Å². The van der Waals surface area contributed by atoms with Crippen molar-refractivity contribution in [1.29, 1.82) is 0 Å². The highest BCUT2D eigenvalue weighted by atomic mass is 15.2. The number of imidazole rings is 1. The van der Waals surface area contributed by atoms with Gasteiger partial charge in [-0.2, -0.15) is 0 Å². The monoisotopic (exact) mass is 229 g/mol. The van der Waals surface area contributed by atoms with E-state index in [1.54, 1.807) is 0 Å². The van der Waals surface area contributed by atoms with Crippen LogP contribution in [0.3, 0.4) is 0 Å². The lowest BCUT2D eigenvalue weighted by molar-refractivity contribution is 0.622. The summed E-state index contributed by atoms with van der Waals surface area (Å²) in [5.74, 6) is 1.48. The third-order valence-corrected chi connectivity index (χ3v) is 3.83. The van der Waals surface area contributed by atoms with Gasteiger partial charge in [-0.05, 0) is 37.3 Å². The summed E-state index contributed by atoms with van der Waals surface area (Å²) in [4.78, 5) is 4.51. The molecule has 90 valence electrons. The molecule has 17 heavy (non-hydrogen) atoms. The van der Waals surface area contributed by atoms with E-state index < -0.39 is 0 Å². The lowest BCUT2D eigenvalue weighted by atomic mass is 10.2. The van der Waals surface area contributed by atoms with Crippen LogP contribution in [0.1, 0.15) is 37.8 Å². The van der Waals surface area contributed by atoms with Gasteiger partial charge in [-0.25, -0.2) is 4.98 Å². The van der Waals surface area contributed by atoms with Crippen LogP contribution in [-0.4, -0.2) is 9.55 Å². The third kappa shape index (κ3) is 1.61. The van der Waals surface area contributed by atoms with E-state index in [-0.39, 0.29) is 0 Å². The Morgan fingerprint density at radius 3 is 3.06 bits per heavy atom. The molecule has 2 atom stereocenters. The van der Waals surface area contributed by atoms with E-state index in [4.69, 9.17) is 5.73 Å². The predicted molar refractivity (Wildman–Crippen MR) is 70.9 cm³/mol. The molecule has 1 heterocycles. The maximum absolute atomic E-state index is 6.07. The van der Waals surface area contributed by atoms with E-state index in [1.807, 2.05) is 0 Å². The molecular weight excluding hydrogens is 210 g/mol. The van der Waals surface area contributed by atoms with E-state index in [2.05, 4.69) is 41.6 Å². The van der Waals surface area contributed by atoms with Crippen molar-refractivity contribution in [3.05, 3.63) is 23.8 Å². The fourth-order valence-corrected chi connectivity index (χ4v) is 2.85. The largest absolute Gasteiger partial charge is 0.369 e. The van der Waals surface area contributed by atoms with Crippen molar-refractivity contribution in [2.45, 2.75) is 39.2 Å². The zero-order valence-electron chi connectivity index (χ0n) is 10.5. The van der Waals surface area contributed by atoms with Gasteiger partial charge in [0.1, 0.15) is 0 Å². The molecule has 1 fully saturated rings. The molecule has 1 aliphatic carbocycles. The Bertz CT molecular complexity index is 556. The zero-order valence-corrected chi connectivity index (χ0v) is 10.5. The maximum Gasteiger partial charge on any atom is 0.201 e. The van der Waals surface area contributed by atoms with Gasteiger partial charge in [0.05, 0.1) is 11.0 Å². The Morgan fingerprint density at radius 1 is 1.47 bits per heavy atom. The molecule has 0 bridgehead atoms. The van der Waals surface area contributed by atoms with Crippen LogP contribution < -0.4 is 5.73 Å². The number of nitrogens with zero attached hydrogens (tertiary/aromatic N) is 2. The third-order valence-electron chi connectivity index (χ3n) is 3.83. The second-order valence-corrected chi connectivity index (χ2v) is 5.13. The van der Waals surface area contributed by atoms with Crippen LogP contribution in [0.2, 0.25) is 0 Å². The predicted octanol–water partition coefficient (Wildman–Crippen LogP) is 3.29. The summed E-state index contributed by atoms with van der Waals surface area (Å²) in [5, 5.41) is 0. The summed E-state index contributed by atoms with van der Waals surface area (Å²) in [6, 6.07) is 6.90. The average molecular weight is 229 g/mol. The van der Waals surface area contributed by atoms with Crippen molar-refractivity contribution in [3.8, 4) is 0 Å². The molecule has 3 heteroatoms. The van der Waals surface area contributed by atoms with Gasteiger partial charge in [-0.3, -0.25) is 0 Å². The molecule has 0 radical (unpaired) electrons. The van der Waals surface area contributed by atoms with Crippen molar-refractivity contribution < 1.29 is 0 Å². The number of anilines is 1. The molecule has 1 aliphatic rings. The summed E-state index contributed by atoms with van der Waals surface area (Å²) in [5.41, 5.74) is 9.54. The van der Waals surface area contributed by atoms with Crippen molar-refractivity contribution in [1.82, 2.24) is 9.55 Å². The standard InChI is InChI=1S/C14H19N3/c1-3-5-10-8-12(10)17-11-7-4-6-9(2)13(11)16-14(17)15/h4,6-7,10,12H,3,5,8H2,1-2H3,(H2,15,16). The number of nitrogens with two attached hydrogens (primary N) is 1. The summed E-state index contributed by atoms with van der Waals surface area (Å²) < 4.78 is 2.24. The molecule has 3 rings (SSSR count). The lowest BCUT2D eigenvalue weighted by Gasteiger charge is -2.05. The number of fused-ring (bicyclic) bond motifs is 1. The molecule has 1 aromatic heterocycles. The number of nitrogen functional groups attached to an aromatic ring is 1. The Morgan fingerprint density at radius 2 is 2.29 bits per heavy atom. The quantitative estimate of drug-likeness (QED) is 0.877. The topological polar surface area (TPSA) is 43.8 Å². The first-order chi connectivity index (χ1) is 8.22. The van der Waals surface area contributed by atoms with Crippen molar-refractivity contribution >= 4 is 17.0 Å². The molecule has 0 saturated heterocycles. The van der Waals surface area contributed by atoms with Crippen molar-refractivity contribution in [3.63, 3.8) is 0 Å². The minimum atomic E-state index is 0.585. The summed E-state index contributed by atoms with van der Waals surface area (Å²) in [7, 11) is 0. The average Bonchev–Trinajstić information content (AvgIpc) is 2.94. The smallest absolute Gasteiger partial charge is 0.201 e. The van der Waals surface area contributed by atoms with Gasteiger partial charge in [-0.1, -0.05) is 25.5 Å². The molecule has 2 N–H and O–H groups in total. The first-order valence-electron chi connectivity index (χ1n) is 6.45. The number of rotatable bonds is 3. The molecule has 0 spiro atoms. The van der Waals surface area contributed by atoms with Crippen LogP contribution in [0.4, 0.5) is 5.95 Å². The molecular formula is C14H19N3. The minimum absolute atomic E-state index is 0.585. The first-order valence-corrected chi connectivity index (χ1v) is 6.45. The maximum atomic E-state index is 6.07. The van der Waals surface area contributed by atoms with E-state index in [9.17, 15) is 0 Å². The van der Waals surface area contributed by atoms with E-state index in [0.29, 0.717) is 12.0 Å².